The van der Waals surface area contributed by atoms with Crippen LogP contribution in [0.15, 0.2) is 12.1 Å². The van der Waals surface area contributed by atoms with Gasteiger partial charge in [-0.25, -0.2) is 0 Å². The maximum atomic E-state index is 12.8. The first-order valence-corrected chi connectivity index (χ1v) is 8.86. The Labute approximate surface area is 145 Å². The van der Waals surface area contributed by atoms with E-state index in [0.717, 1.165) is 56.0 Å². The molecular weight excluding hydrogens is 302 g/mol. The minimum atomic E-state index is 0.151. The van der Waals surface area contributed by atoms with Gasteiger partial charge in [0.25, 0.3) is 5.91 Å². The lowest BCUT2D eigenvalue weighted by molar-refractivity contribution is 0.0591. The summed E-state index contributed by atoms with van der Waals surface area (Å²) in [6.07, 6.45) is 3.37. The van der Waals surface area contributed by atoms with E-state index in [1.54, 1.807) is 7.11 Å². The van der Waals surface area contributed by atoms with E-state index in [4.69, 9.17) is 4.74 Å². The lowest BCUT2D eigenvalue weighted by atomic mass is 9.76. The van der Waals surface area contributed by atoms with E-state index in [1.807, 2.05) is 30.9 Å². The van der Waals surface area contributed by atoms with Crippen molar-refractivity contribution in [3.63, 3.8) is 0 Å². The molecule has 0 aliphatic carbocycles. The Bertz CT molecular complexity index is 588. The summed E-state index contributed by atoms with van der Waals surface area (Å²) in [6.45, 7) is 7.52. The number of piperidine rings is 1. The van der Waals surface area contributed by atoms with Gasteiger partial charge in [0.15, 0.2) is 0 Å². The molecule has 1 atom stereocenters. The van der Waals surface area contributed by atoms with Crippen LogP contribution in [0.3, 0.4) is 0 Å². The first-order valence-electron chi connectivity index (χ1n) is 8.86. The van der Waals surface area contributed by atoms with Crippen LogP contribution in [0.2, 0.25) is 0 Å². The van der Waals surface area contributed by atoms with Crippen LogP contribution < -0.4 is 0 Å². The number of hydrogen-bond donors (Lipinski definition) is 0. The maximum Gasteiger partial charge on any atom is 0.253 e. The quantitative estimate of drug-likeness (QED) is 0.852. The number of aryl methyl sites for hydroxylation is 2. The van der Waals surface area contributed by atoms with Gasteiger partial charge in [0.1, 0.15) is 0 Å². The Hall–Kier alpha value is -1.46. The molecule has 3 heterocycles. The van der Waals surface area contributed by atoms with Crippen molar-refractivity contribution in [1.29, 1.82) is 0 Å². The molecule has 0 aromatic carbocycles. The van der Waals surface area contributed by atoms with Gasteiger partial charge in [-0.15, -0.1) is 0 Å². The van der Waals surface area contributed by atoms with Crippen molar-refractivity contribution in [2.75, 3.05) is 40.4 Å². The number of aromatic nitrogens is 1. The average Bonchev–Trinajstić information content (AvgIpc) is 2.82. The zero-order valence-corrected chi connectivity index (χ0v) is 15.3. The molecule has 0 saturated carbocycles. The highest BCUT2D eigenvalue weighted by Crippen LogP contribution is 2.43. The molecule has 2 saturated heterocycles. The van der Waals surface area contributed by atoms with Crippen LogP contribution in [0, 0.1) is 19.3 Å². The van der Waals surface area contributed by atoms with Crippen LogP contribution in [-0.4, -0.2) is 67.1 Å². The fourth-order valence-corrected chi connectivity index (χ4v) is 4.44. The normalized spacial score (nSPS) is 23.8. The summed E-state index contributed by atoms with van der Waals surface area (Å²) in [5.74, 6) is 0.151. The average molecular weight is 331 g/mol. The van der Waals surface area contributed by atoms with Crippen molar-refractivity contribution >= 4 is 5.91 Å². The highest BCUT2D eigenvalue weighted by Gasteiger charge is 2.44. The summed E-state index contributed by atoms with van der Waals surface area (Å²) >= 11 is 0. The molecule has 1 amide bonds. The van der Waals surface area contributed by atoms with Crippen molar-refractivity contribution in [3.8, 4) is 0 Å². The summed E-state index contributed by atoms with van der Waals surface area (Å²) in [6, 6.07) is 4.32. The Morgan fingerprint density at radius 1 is 1.29 bits per heavy atom. The second kappa shape index (κ2) is 6.81. The van der Waals surface area contributed by atoms with Crippen LogP contribution >= 0.6 is 0 Å². The zero-order valence-electron chi connectivity index (χ0n) is 15.3. The van der Waals surface area contributed by atoms with Gasteiger partial charge in [0.05, 0.1) is 6.61 Å². The van der Waals surface area contributed by atoms with Crippen molar-refractivity contribution in [1.82, 2.24) is 14.8 Å². The largest absolute Gasteiger partial charge is 0.383 e. The van der Waals surface area contributed by atoms with Gasteiger partial charge in [-0.2, -0.15) is 0 Å². The number of carbonyl (C=O) groups is 1. The minimum Gasteiger partial charge on any atom is -0.383 e. The van der Waals surface area contributed by atoms with E-state index in [-0.39, 0.29) is 5.91 Å². The maximum absolute atomic E-state index is 12.8. The number of ether oxygens (including phenoxy) is 1. The molecule has 2 aliphatic heterocycles. The molecule has 1 aromatic heterocycles. The van der Waals surface area contributed by atoms with Crippen LogP contribution in [0.1, 0.15) is 41.0 Å². The number of pyridine rings is 1. The van der Waals surface area contributed by atoms with Crippen molar-refractivity contribution in [3.05, 3.63) is 29.1 Å². The molecular formula is C19H29N3O2. The standard InChI is InChI=1S/C19H29N3O2/c1-14-9-16(10-15(2)20-14)18(23)22-7-5-19(6-8-22)11-17(12-24-4)21(3)13-19/h9-10,17H,5-8,11-13H2,1-4H3/t17-/m1/s1. The van der Waals surface area contributed by atoms with E-state index in [0.29, 0.717) is 11.5 Å². The number of amides is 1. The highest BCUT2D eigenvalue weighted by molar-refractivity contribution is 5.94. The van der Waals surface area contributed by atoms with E-state index >= 15 is 0 Å². The van der Waals surface area contributed by atoms with Crippen molar-refractivity contribution < 1.29 is 9.53 Å². The van der Waals surface area contributed by atoms with E-state index in [1.165, 1.54) is 6.42 Å². The number of likely N-dealkylation sites (tertiary alicyclic amines) is 2. The van der Waals surface area contributed by atoms with Gasteiger partial charge < -0.3 is 14.5 Å². The van der Waals surface area contributed by atoms with Gasteiger partial charge in [-0.3, -0.25) is 9.78 Å². The topological polar surface area (TPSA) is 45.7 Å². The van der Waals surface area contributed by atoms with Crippen LogP contribution in [-0.2, 0) is 4.74 Å². The second-order valence-corrected chi connectivity index (χ2v) is 7.66. The number of nitrogens with zero attached hydrogens (tertiary/aromatic N) is 3. The van der Waals surface area contributed by atoms with Gasteiger partial charge in [0, 0.05) is 49.7 Å². The van der Waals surface area contributed by atoms with Crippen LogP contribution in [0.4, 0.5) is 0 Å². The second-order valence-electron chi connectivity index (χ2n) is 7.66. The van der Waals surface area contributed by atoms with E-state index in [2.05, 4.69) is 16.9 Å². The third kappa shape index (κ3) is 3.47. The monoisotopic (exact) mass is 331 g/mol. The van der Waals surface area contributed by atoms with E-state index < -0.39 is 0 Å². The van der Waals surface area contributed by atoms with Crippen molar-refractivity contribution in [2.45, 2.75) is 39.2 Å². The van der Waals surface area contributed by atoms with Crippen LogP contribution in [0.25, 0.3) is 0 Å². The Morgan fingerprint density at radius 2 is 1.92 bits per heavy atom. The molecule has 1 aromatic rings. The van der Waals surface area contributed by atoms with Gasteiger partial charge >= 0.3 is 0 Å². The summed E-state index contributed by atoms with van der Waals surface area (Å²) < 4.78 is 5.36. The predicted octanol–water partition coefficient (Wildman–Crippen LogP) is 2.27. The highest BCUT2D eigenvalue weighted by atomic mass is 16.5. The molecule has 0 unspecified atom stereocenters. The smallest absolute Gasteiger partial charge is 0.253 e. The molecule has 24 heavy (non-hydrogen) atoms. The lowest BCUT2D eigenvalue weighted by Gasteiger charge is -2.39. The molecule has 1 spiro atoms. The van der Waals surface area contributed by atoms with Crippen molar-refractivity contribution in [2.24, 2.45) is 5.41 Å². The number of methoxy groups -OCH3 is 1. The third-order valence-corrected chi connectivity index (χ3v) is 5.68. The Morgan fingerprint density at radius 3 is 2.50 bits per heavy atom. The van der Waals surface area contributed by atoms with Crippen LogP contribution in [0.5, 0.6) is 0 Å². The summed E-state index contributed by atoms with van der Waals surface area (Å²) in [5, 5.41) is 0. The van der Waals surface area contributed by atoms with Gasteiger partial charge in [-0.05, 0) is 57.7 Å². The molecule has 3 rings (SSSR count). The molecule has 132 valence electrons. The summed E-state index contributed by atoms with van der Waals surface area (Å²) in [7, 11) is 3.97. The molecule has 0 bridgehead atoms. The Balaban J connectivity index is 1.64. The first-order chi connectivity index (χ1) is 11.4. The fraction of sp³-hybridized carbons (Fsp3) is 0.684. The SMILES string of the molecule is COC[C@H]1CC2(CCN(C(=O)c3cc(C)nc(C)c3)CC2)CN1C. The number of hydrogen-bond acceptors (Lipinski definition) is 4. The predicted molar refractivity (Wildman–Crippen MR) is 94.2 cm³/mol. The zero-order chi connectivity index (χ0) is 17.3. The first kappa shape index (κ1) is 17.4. The number of likely N-dealkylation sites (N-methyl/N-ethyl adjacent to an activating group) is 1. The molecule has 0 N–H and O–H groups in total. The number of carbonyl (C=O) groups excluding carboxylic acids is 1. The van der Waals surface area contributed by atoms with E-state index in [9.17, 15) is 4.79 Å². The molecule has 2 fully saturated rings. The fourth-order valence-electron chi connectivity index (χ4n) is 4.44. The summed E-state index contributed by atoms with van der Waals surface area (Å²) in [5.41, 5.74) is 2.95. The summed E-state index contributed by atoms with van der Waals surface area (Å²) in [4.78, 5) is 21.6. The van der Waals surface area contributed by atoms with Gasteiger partial charge in [-0.1, -0.05) is 0 Å². The Kier molecular flexibility index (Phi) is 4.92. The molecule has 2 aliphatic rings. The third-order valence-electron chi connectivity index (χ3n) is 5.68. The molecule has 5 heteroatoms. The lowest BCUT2D eigenvalue weighted by Crippen LogP contribution is -2.44. The molecule has 0 radical (unpaired) electrons. The number of rotatable bonds is 3. The molecule has 5 nitrogen and oxygen atoms in total. The minimum absolute atomic E-state index is 0.151. The van der Waals surface area contributed by atoms with Gasteiger partial charge in [0.2, 0.25) is 0 Å².